The van der Waals surface area contributed by atoms with Crippen LogP contribution in [0.3, 0.4) is 0 Å². The quantitative estimate of drug-likeness (QED) is 0.809. The fraction of sp³-hybridized carbons (Fsp3) is 0.429. The van der Waals surface area contributed by atoms with E-state index in [-0.39, 0.29) is 38.1 Å². The number of esters is 1. The Bertz CT molecular complexity index is 514. The number of hydrogen-bond acceptors (Lipinski definition) is 5. The smallest absolute Gasteiger partial charge is 0.307 e. The standard InChI is InChI=1S/C14H17NO5/c1-2-19-14(18)5-6-15-11-7-10(8-16)3-4-12(11)20-9-13(15)17/h3-4,7,16H,2,5-6,8-9H2,1H3. The Hall–Kier alpha value is -2.08. The second kappa shape index (κ2) is 6.38. The largest absolute Gasteiger partial charge is 0.482 e. The molecule has 0 unspecified atom stereocenters. The summed E-state index contributed by atoms with van der Waals surface area (Å²) in [6, 6.07) is 5.14. The zero-order valence-corrected chi connectivity index (χ0v) is 11.3. The van der Waals surface area contributed by atoms with Gasteiger partial charge in [0.1, 0.15) is 5.75 Å². The maximum absolute atomic E-state index is 11.9. The predicted molar refractivity (Wildman–Crippen MR) is 71.5 cm³/mol. The minimum absolute atomic E-state index is 0.0473. The lowest BCUT2D eigenvalue weighted by Crippen LogP contribution is -2.40. The molecular formula is C14H17NO5. The van der Waals surface area contributed by atoms with Crippen LogP contribution in [-0.2, 0) is 20.9 Å². The highest BCUT2D eigenvalue weighted by Crippen LogP contribution is 2.33. The van der Waals surface area contributed by atoms with Gasteiger partial charge in [-0.2, -0.15) is 0 Å². The fourth-order valence-corrected chi connectivity index (χ4v) is 2.03. The maximum atomic E-state index is 11.9. The minimum atomic E-state index is -0.341. The molecule has 6 nitrogen and oxygen atoms in total. The summed E-state index contributed by atoms with van der Waals surface area (Å²) in [6.45, 7) is 2.13. The number of nitrogens with zero attached hydrogens (tertiary/aromatic N) is 1. The molecule has 2 rings (SSSR count). The monoisotopic (exact) mass is 279 g/mol. The minimum Gasteiger partial charge on any atom is -0.482 e. The van der Waals surface area contributed by atoms with Crippen LogP contribution in [0.25, 0.3) is 0 Å². The van der Waals surface area contributed by atoms with Crippen molar-refractivity contribution in [2.24, 2.45) is 0 Å². The number of fused-ring (bicyclic) bond motifs is 1. The molecule has 6 heteroatoms. The zero-order valence-electron chi connectivity index (χ0n) is 11.3. The van der Waals surface area contributed by atoms with E-state index >= 15 is 0 Å². The molecule has 1 aromatic rings. The Kier molecular flexibility index (Phi) is 4.57. The normalized spacial score (nSPS) is 13.7. The van der Waals surface area contributed by atoms with Crippen molar-refractivity contribution in [2.75, 3.05) is 24.7 Å². The first-order valence-electron chi connectivity index (χ1n) is 6.48. The van der Waals surface area contributed by atoms with E-state index in [4.69, 9.17) is 14.6 Å². The van der Waals surface area contributed by atoms with Crippen LogP contribution < -0.4 is 9.64 Å². The third-order valence-corrected chi connectivity index (χ3v) is 2.99. The number of aliphatic hydroxyl groups is 1. The Balaban J connectivity index is 2.16. The van der Waals surface area contributed by atoms with Crippen molar-refractivity contribution in [3.8, 4) is 5.75 Å². The molecule has 0 radical (unpaired) electrons. The Morgan fingerprint density at radius 3 is 3.00 bits per heavy atom. The molecule has 1 aliphatic heterocycles. The molecular weight excluding hydrogens is 262 g/mol. The van der Waals surface area contributed by atoms with Gasteiger partial charge in [-0.15, -0.1) is 0 Å². The third-order valence-electron chi connectivity index (χ3n) is 2.99. The summed E-state index contributed by atoms with van der Waals surface area (Å²) < 4.78 is 10.2. The van der Waals surface area contributed by atoms with Gasteiger partial charge in [-0.3, -0.25) is 9.59 Å². The summed E-state index contributed by atoms with van der Waals surface area (Å²) in [6.07, 6.45) is 0.127. The number of rotatable bonds is 5. The number of anilines is 1. The molecule has 20 heavy (non-hydrogen) atoms. The fourth-order valence-electron chi connectivity index (χ4n) is 2.03. The molecule has 1 heterocycles. The zero-order chi connectivity index (χ0) is 14.5. The molecule has 1 N–H and O–H groups in total. The summed E-state index contributed by atoms with van der Waals surface area (Å²) in [5.41, 5.74) is 1.26. The molecule has 0 bridgehead atoms. The van der Waals surface area contributed by atoms with Gasteiger partial charge in [0.2, 0.25) is 0 Å². The SMILES string of the molecule is CCOC(=O)CCN1C(=O)COc2ccc(CO)cc21. The Labute approximate surface area is 116 Å². The van der Waals surface area contributed by atoms with Gasteiger partial charge in [0.05, 0.1) is 25.3 Å². The van der Waals surface area contributed by atoms with Crippen LogP contribution in [0, 0.1) is 0 Å². The van der Waals surface area contributed by atoms with E-state index in [1.807, 2.05) is 0 Å². The van der Waals surface area contributed by atoms with E-state index in [1.54, 1.807) is 25.1 Å². The van der Waals surface area contributed by atoms with Gasteiger partial charge in [-0.25, -0.2) is 0 Å². The molecule has 1 amide bonds. The molecule has 0 spiro atoms. The van der Waals surface area contributed by atoms with Crippen molar-refractivity contribution < 1.29 is 24.2 Å². The van der Waals surface area contributed by atoms with Gasteiger partial charge in [0, 0.05) is 6.54 Å². The van der Waals surface area contributed by atoms with Crippen molar-refractivity contribution in [2.45, 2.75) is 20.0 Å². The van der Waals surface area contributed by atoms with E-state index < -0.39 is 0 Å². The van der Waals surface area contributed by atoms with Gasteiger partial charge in [-0.1, -0.05) is 6.07 Å². The second-order valence-corrected chi connectivity index (χ2v) is 4.35. The van der Waals surface area contributed by atoms with E-state index in [0.717, 1.165) is 0 Å². The average Bonchev–Trinajstić information content (AvgIpc) is 2.46. The van der Waals surface area contributed by atoms with Gasteiger partial charge < -0.3 is 19.5 Å². The van der Waals surface area contributed by atoms with Crippen molar-refractivity contribution in [1.29, 1.82) is 0 Å². The van der Waals surface area contributed by atoms with Crippen molar-refractivity contribution in [1.82, 2.24) is 0 Å². The molecule has 1 aromatic carbocycles. The summed E-state index contributed by atoms with van der Waals surface area (Å²) in [4.78, 5) is 24.8. The highest BCUT2D eigenvalue weighted by molar-refractivity contribution is 5.98. The summed E-state index contributed by atoms with van der Waals surface area (Å²) in [5.74, 6) is 0.0224. The highest BCUT2D eigenvalue weighted by Gasteiger charge is 2.26. The lowest BCUT2D eigenvalue weighted by molar-refractivity contribution is -0.142. The number of benzene rings is 1. The van der Waals surface area contributed by atoms with Gasteiger partial charge in [0.15, 0.2) is 6.61 Å². The lowest BCUT2D eigenvalue weighted by Gasteiger charge is -2.29. The van der Waals surface area contributed by atoms with Crippen LogP contribution in [0.1, 0.15) is 18.9 Å². The first-order valence-corrected chi connectivity index (χ1v) is 6.48. The Morgan fingerprint density at radius 2 is 2.30 bits per heavy atom. The van der Waals surface area contributed by atoms with Gasteiger partial charge in [0.25, 0.3) is 5.91 Å². The van der Waals surface area contributed by atoms with E-state index in [2.05, 4.69) is 0 Å². The van der Waals surface area contributed by atoms with Gasteiger partial charge in [-0.05, 0) is 24.6 Å². The number of hydrogen-bond donors (Lipinski definition) is 1. The topological polar surface area (TPSA) is 76.1 Å². The molecule has 0 saturated carbocycles. The van der Waals surface area contributed by atoms with Crippen molar-refractivity contribution >= 4 is 17.6 Å². The molecule has 0 fully saturated rings. The number of amides is 1. The summed E-state index contributed by atoms with van der Waals surface area (Å²) >= 11 is 0. The van der Waals surface area contributed by atoms with Gasteiger partial charge >= 0.3 is 5.97 Å². The van der Waals surface area contributed by atoms with E-state index in [9.17, 15) is 9.59 Å². The van der Waals surface area contributed by atoms with Crippen LogP contribution in [-0.4, -0.2) is 36.7 Å². The Morgan fingerprint density at radius 1 is 1.50 bits per heavy atom. The van der Waals surface area contributed by atoms with Crippen LogP contribution in [0.4, 0.5) is 5.69 Å². The number of aliphatic hydroxyl groups excluding tert-OH is 1. The first kappa shape index (κ1) is 14.3. The van der Waals surface area contributed by atoms with Crippen molar-refractivity contribution in [3.05, 3.63) is 23.8 Å². The number of ether oxygens (including phenoxy) is 2. The van der Waals surface area contributed by atoms with E-state index in [0.29, 0.717) is 23.6 Å². The van der Waals surface area contributed by atoms with Crippen LogP contribution >= 0.6 is 0 Å². The van der Waals surface area contributed by atoms with Crippen LogP contribution in [0.15, 0.2) is 18.2 Å². The first-order chi connectivity index (χ1) is 9.65. The highest BCUT2D eigenvalue weighted by atomic mass is 16.5. The van der Waals surface area contributed by atoms with E-state index in [1.165, 1.54) is 4.90 Å². The predicted octanol–water partition coefficient (Wildman–Crippen LogP) is 0.857. The number of carbonyl (C=O) groups is 2. The van der Waals surface area contributed by atoms with Crippen LogP contribution in [0.2, 0.25) is 0 Å². The summed E-state index contributed by atoms with van der Waals surface area (Å²) in [5, 5.41) is 9.16. The third kappa shape index (κ3) is 3.08. The molecule has 0 saturated heterocycles. The average molecular weight is 279 g/mol. The number of carbonyl (C=O) groups excluding carboxylic acids is 2. The lowest BCUT2D eigenvalue weighted by atomic mass is 10.1. The van der Waals surface area contributed by atoms with Crippen molar-refractivity contribution in [3.63, 3.8) is 0 Å². The summed E-state index contributed by atoms with van der Waals surface area (Å²) in [7, 11) is 0. The molecule has 1 aliphatic rings. The molecule has 108 valence electrons. The molecule has 0 aromatic heterocycles. The maximum Gasteiger partial charge on any atom is 0.307 e. The second-order valence-electron chi connectivity index (χ2n) is 4.35. The molecule has 0 atom stereocenters. The molecule has 0 aliphatic carbocycles. The van der Waals surface area contributed by atoms with Crippen LogP contribution in [0.5, 0.6) is 5.75 Å².